The van der Waals surface area contributed by atoms with Crippen LogP contribution in [-0.4, -0.2) is 48.3 Å². The standard InChI is InChI=1S/C18H21BrN2O4/c1-24-13-7-12(19)11-8-21(9-15(20)23)5-4-18-3-2-10(22)6-14(18)25-17(13)16(11)18/h2-3,7,10,14,22H,4-6,8-9H2,1H3,(H2,20,23)/t10?,14-,18?/m1/s1. The Morgan fingerprint density at radius 1 is 1.60 bits per heavy atom. The molecule has 134 valence electrons. The fourth-order valence-electron chi connectivity index (χ4n) is 4.37. The molecule has 1 aromatic rings. The molecule has 3 atom stereocenters. The Bertz CT molecular complexity index is 766. The fourth-order valence-corrected chi connectivity index (χ4v) is 4.90. The molecule has 3 N–H and O–H groups in total. The van der Waals surface area contributed by atoms with E-state index >= 15 is 0 Å². The van der Waals surface area contributed by atoms with Gasteiger partial charge in [-0.25, -0.2) is 0 Å². The number of methoxy groups -OCH3 is 1. The van der Waals surface area contributed by atoms with Crippen LogP contribution in [0.25, 0.3) is 0 Å². The molecule has 7 heteroatoms. The highest BCUT2D eigenvalue weighted by molar-refractivity contribution is 9.10. The molecule has 1 aliphatic carbocycles. The molecule has 0 saturated carbocycles. The molecule has 2 heterocycles. The second kappa shape index (κ2) is 6.00. The Morgan fingerprint density at radius 3 is 3.12 bits per heavy atom. The van der Waals surface area contributed by atoms with Gasteiger partial charge in [-0.3, -0.25) is 9.69 Å². The van der Waals surface area contributed by atoms with E-state index in [1.165, 1.54) is 0 Å². The Kier molecular flexibility index (Phi) is 4.05. The van der Waals surface area contributed by atoms with Gasteiger partial charge in [0, 0.05) is 29.5 Å². The number of nitrogens with zero attached hydrogens (tertiary/aromatic N) is 1. The summed E-state index contributed by atoms with van der Waals surface area (Å²) in [7, 11) is 1.63. The third-order valence-corrected chi connectivity index (χ3v) is 6.20. The molecule has 1 spiro atoms. The summed E-state index contributed by atoms with van der Waals surface area (Å²) < 4.78 is 12.8. The average molecular weight is 409 g/mol. The zero-order valence-corrected chi connectivity index (χ0v) is 15.6. The second-order valence-electron chi connectivity index (χ2n) is 6.98. The number of carbonyl (C=O) groups is 1. The van der Waals surface area contributed by atoms with E-state index in [1.807, 2.05) is 12.1 Å². The number of benzene rings is 1. The van der Waals surface area contributed by atoms with E-state index in [2.05, 4.69) is 26.9 Å². The Morgan fingerprint density at radius 2 is 2.40 bits per heavy atom. The smallest absolute Gasteiger partial charge is 0.231 e. The van der Waals surface area contributed by atoms with E-state index in [9.17, 15) is 9.90 Å². The normalized spacial score (nSPS) is 30.2. The first-order valence-electron chi connectivity index (χ1n) is 8.39. The zero-order valence-electron chi connectivity index (χ0n) is 14.0. The van der Waals surface area contributed by atoms with Crippen molar-refractivity contribution in [2.75, 3.05) is 20.2 Å². The summed E-state index contributed by atoms with van der Waals surface area (Å²) in [5.41, 5.74) is 7.31. The van der Waals surface area contributed by atoms with Crippen molar-refractivity contribution in [2.24, 2.45) is 5.73 Å². The van der Waals surface area contributed by atoms with Crippen LogP contribution in [0.5, 0.6) is 11.5 Å². The van der Waals surface area contributed by atoms with Crippen molar-refractivity contribution in [1.82, 2.24) is 4.90 Å². The molecular weight excluding hydrogens is 388 g/mol. The maximum atomic E-state index is 11.4. The molecule has 4 rings (SSSR count). The minimum Gasteiger partial charge on any atom is -0.493 e. The molecule has 2 unspecified atom stereocenters. The number of halogens is 1. The van der Waals surface area contributed by atoms with E-state index < -0.39 is 6.10 Å². The van der Waals surface area contributed by atoms with Crippen LogP contribution in [0.4, 0.5) is 0 Å². The molecule has 6 nitrogen and oxygen atoms in total. The number of hydrogen-bond donors (Lipinski definition) is 2. The molecule has 0 radical (unpaired) electrons. The maximum absolute atomic E-state index is 11.4. The lowest BCUT2D eigenvalue weighted by Gasteiger charge is -2.35. The predicted molar refractivity (Wildman–Crippen MR) is 95.6 cm³/mol. The number of amides is 1. The Balaban J connectivity index is 1.90. The van der Waals surface area contributed by atoms with Gasteiger partial charge in [-0.05, 0) is 18.1 Å². The van der Waals surface area contributed by atoms with E-state index in [0.717, 1.165) is 34.3 Å². The van der Waals surface area contributed by atoms with Gasteiger partial charge in [-0.15, -0.1) is 0 Å². The number of nitrogens with two attached hydrogens (primary N) is 1. The minimum atomic E-state index is -0.507. The van der Waals surface area contributed by atoms with Gasteiger partial charge >= 0.3 is 0 Å². The third kappa shape index (κ3) is 2.56. The van der Waals surface area contributed by atoms with Gasteiger partial charge < -0.3 is 20.3 Å². The molecule has 25 heavy (non-hydrogen) atoms. The van der Waals surface area contributed by atoms with Gasteiger partial charge in [-0.2, -0.15) is 0 Å². The SMILES string of the molecule is COc1cc(Br)c2c3c1O[C@@H]1CC(O)C=CC31CCN(CC(N)=O)C2. The molecule has 2 aliphatic heterocycles. The first-order chi connectivity index (χ1) is 11.9. The summed E-state index contributed by atoms with van der Waals surface area (Å²) in [4.78, 5) is 13.5. The summed E-state index contributed by atoms with van der Waals surface area (Å²) >= 11 is 3.66. The number of rotatable bonds is 3. The largest absolute Gasteiger partial charge is 0.493 e. The highest BCUT2D eigenvalue weighted by atomic mass is 79.9. The third-order valence-electron chi connectivity index (χ3n) is 5.49. The lowest BCUT2D eigenvalue weighted by Crippen LogP contribution is -2.43. The van der Waals surface area contributed by atoms with Crippen molar-refractivity contribution in [2.45, 2.75) is 37.0 Å². The van der Waals surface area contributed by atoms with Gasteiger partial charge in [0.25, 0.3) is 0 Å². The van der Waals surface area contributed by atoms with E-state index in [4.69, 9.17) is 15.2 Å². The topological polar surface area (TPSA) is 85.0 Å². The molecule has 0 aromatic heterocycles. The summed E-state index contributed by atoms with van der Waals surface area (Å²) in [5, 5.41) is 10.1. The Labute approximate surface area is 154 Å². The van der Waals surface area contributed by atoms with Crippen molar-refractivity contribution < 1.29 is 19.4 Å². The number of carbonyl (C=O) groups excluding carboxylic acids is 1. The monoisotopic (exact) mass is 408 g/mol. The van der Waals surface area contributed by atoms with Crippen LogP contribution in [0, 0.1) is 0 Å². The van der Waals surface area contributed by atoms with Gasteiger partial charge in [-0.1, -0.05) is 28.1 Å². The lowest BCUT2D eigenvalue weighted by molar-refractivity contribution is -0.119. The van der Waals surface area contributed by atoms with Crippen LogP contribution in [0.2, 0.25) is 0 Å². The summed E-state index contributed by atoms with van der Waals surface area (Å²) in [5.74, 6) is 1.11. The van der Waals surface area contributed by atoms with Crippen LogP contribution in [0.1, 0.15) is 24.0 Å². The van der Waals surface area contributed by atoms with Crippen molar-refractivity contribution in [1.29, 1.82) is 0 Å². The van der Waals surface area contributed by atoms with Gasteiger partial charge in [0.05, 0.1) is 25.2 Å². The van der Waals surface area contributed by atoms with Crippen molar-refractivity contribution >= 4 is 21.8 Å². The zero-order chi connectivity index (χ0) is 17.8. The van der Waals surface area contributed by atoms with Gasteiger partial charge in [0.2, 0.25) is 5.91 Å². The number of ether oxygens (including phenoxy) is 2. The number of aliphatic hydroxyl groups excluding tert-OH is 1. The molecule has 0 saturated heterocycles. The molecule has 0 fully saturated rings. The van der Waals surface area contributed by atoms with Crippen LogP contribution < -0.4 is 15.2 Å². The summed E-state index contributed by atoms with van der Waals surface area (Å²) in [6.45, 7) is 1.57. The van der Waals surface area contributed by atoms with E-state index in [1.54, 1.807) is 7.11 Å². The second-order valence-corrected chi connectivity index (χ2v) is 7.83. The summed E-state index contributed by atoms with van der Waals surface area (Å²) in [6.07, 6.45) is 4.64. The van der Waals surface area contributed by atoms with Gasteiger partial charge in [0.1, 0.15) is 6.10 Å². The van der Waals surface area contributed by atoms with Crippen LogP contribution in [-0.2, 0) is 16.8 Å². The molecule has 0 bridgehead atoms. The van der Waals surface area contributed by atoms with Crippen molar-refractivity contribution in [3.63, 3.8) is 0 Å². The molecule has 1 amide bonds. The first-order valence-corrected chi connectivity index (χ1v) is 9.18. The van der Waals surface area contributed by atoms with E-state index in [0.29, 0.717) is 18.7 Å². The van der Waals surface area contributed by atoms with Crippen LogP contribution in [0.3, 0.4) is 0 Å². The lowest BCUT2D eigenvalue weighted by atomic mass is 9.69. The highest BCUT2D eigenvalue weighted by Crippen LogP contribution is 2.57. The van der Waals surface area contributed by atoms with Crippen molar-refractivity contribution in [3.8, 4) is 11.5 Å². The number of primary amides is 1. The molecular formula is C18H21BrN2O4. The fraction of sp³-hybridized carbons (Fsp3) is 0.500. The average Bonchev–Trinajstić information content (AvgIpc) is 2.79. The highest BCUT2D eigenvalue weighted by Gasteiger charge is 2.53. The number of hydrogen-bond acceptors (Lipinski definition) is 5. The quantitative estimate of drug-likeness (QED) is 0.739. The Hall–Kier alpha value is -1.57. The van der Waals surface area contributed by atoms with E-state index in [-0.39, 0.29) is 24.0 Å². The maximum Gasteiger partial charge on any atom is 0.231 e. The minimum absolute atomic E-state index is 0.141. The van der Waals surface area contributed by atoms with Crippen LogP contribution >= 0.6 is 15.9 Å². The van der Waals surface area contributed by atoms with Crippen LogP contribution in [0.15, 0.2) is 22.7 Å². The molecule has 1 aromatic carbocycles. The predicted octanol–water partition coefficient (Wildman–Crippen LogP) is 1.47. The summed E-state index contributed by atoms with van der Waals surface area (Å²) in [6, 6.07) is 1.91. The van der Waals surface area contributed by atoms with Gasteiger partial charge in [0.15, 0.2) is 11.5 Å². The molecule has 3 aliphatic rings. The van der Waals surface area contributed by atoms with Crippen molar-refractivity contribution in [3.05, 3.63) is 33.8 Å². The number of aliphatic hydroxyl groups is 1. The first kappa shape index (κ1) is 16.9.